The zero-order valence-electron chi connectivity index (χ0n) is 13.5. The number of carbonyl (C=O) groups excluding carboxylic acids is 2. The number of rotatable bonds is 3. The van der Waals surface area contributed by atoms with E-state index in [4.69, 9.17) is 0 Å². The number of amides is 2. The summed E-state index contributed by atoms with van der Waals surface area (Å²) in [7, 11) is 0. The van der Waals surface area contributed by atoms with E-state index < -0.39 is 0 Å². The van der Waals surface area contributed by atoms with E-state index in [9.17, 15) is 9.59 Å². The van der Waals surface area contributed by atoms with Crippen LogP contribution in [-0.4, -0.2) is 48.4 Å². The predicted octanol–water partition coefficient (Wildman–Crippen LogP) is 1.43. The summed E-state index contributed by atoms with van der Waals surface area (Å²) in [5.41, 5.74) is 0. The summed E-state index contributed by atoms with van der Waals surface area (Å²) in [6, 6.07) is 0.262. The van der Waals surface area contributed by atoms with Crippen LogP contribution in [0, 0.1) is 5.92 Å². The van der Waals surface area contributed by atoms with Crippen molar-refractivity contribution in [1.82, 2.24) is 15.5 Å². The molecule has 1 saturated carbocycles. The van der Waals surface area contributed by atoms with Gasteiger partial charge in [-0.25, -0.2) is 0 Å². The Kier molecular flexibility index (Phi) is 5.34. The third-order valence-corrected chi connectivity index (χ3v) is 5.58. The highest BCUT2D eigenvalue weighted by atomic mass is 16.2. The van der Waals surface area contributed by atoms with Gasteiger partial charge in [-0.2, -0.15) is 0 Å². The van der Waals surface area contributed by atoms with Gasteiger partial charge in [0.2, 0.25) is 11.8 Å². The summed E-state index contributed by atoms with van der Waals surface area (Å²) in [4.78, 5) is 26.7. The molecule has 124 valence electrons. The van der Waals surface area contributed by atoms with Gasteiger partial charge in [0.15, 0.2) is 0 Å². The number of hydrogen-bond donors (Lipinski definition) is 2. The minimum Gasteiger partial charge on any atom is -0.354 e. The predicted molar refractivity (Wildman–Crippen MR) is 85.3 cm³/mol. The van der Waals surface area contributed by atoms with E-state index in [1.807, 2.05) is 0 Å². The number of nitrogens with zero attached hydrogens (tertiary/aromatic N) is 1. The van der Waals surface area contributed by atoms with Crippen molar-refractivity contribution in [2.24, 2.45) is 5.92 Å². The zero-order valence-corrected chi connectivity index (χ0v) is 13.5. The van der Waals surface area contributed by atoms with E-state index in [1.54, 1.807) is 0 Å². The first-order chi connectivity index (χ1) is 10.7. The fourth-order valence-electron chi connectivity index (χ4n) is 4.43. The van der Waals surface area contributed by atoms with Crippen LogP contribution in [0.15, 0.2) is 0 Å². The topological polar surface area (TPSA) is 61.4 Å². The lowest BCUT2D eigenvalue weighted by Crippen LogP contribution is -2.53. The summed E-state index contributed by atoms with van der Waals surface area (Å²) in [5.74, 6) is 0.796. The smallest absolute Gasteiger partial charge is 0.242 e. The molecule has 3 atom stereocenters. The van der Waals surface area contributed by atoms with E-state index >= 15 is 0 Å². The largest absolute Gasteiger partial charge is 0.354 e. The van der Waals surface area contributed by atoms with Gasteiger partial charge in [-0.15, -0.1) is 0 Å². The van der Waals surface area contributed by atoms with E-state index in [2.05, 4.69) is 15.5 Å². The molecule has 3 rings (SSSR count). The first-order valence-electron chi connectivity index (χ1n) is 9.05. The van der Waals surface area contributed by atoms with Gasteiger partial charge in [-0.1, -0.05) is 12.8 Å². The van der Waals surface area contributed by atoms with Gasteiger partial charge >= 0.3 is 0 Å². The van der Waals surface area contributed by atoms with Crippen LogP contribution in [0.1, 0.15) is 57.8 Å². The Balaban J connectivity index is 1.53. The van der Waals surface area contributed by atoms with Crippen LogP contribution < -0.4 is 10.6 Å². The maximum absolute atomic E-state index is 12.4. The number of piperidine rings is 1. The minimum atomic E-state index is -0.332. The Morgan fingerprint density at radius 1 is 1.09 bits per heavy atom. The molecular weight excluding hydrogens is 278 g/mol. The second-order valence-electron chi connectivity index (χ2n) is 7.13. The highest BCUT2D eigenvalue weighted by molar-refractivity contribution is 5.88. The van der Waals surface area contributed by atoms with Crippen molar-refractivity contribution in [3.63, 3.8) is 0 Å². The molecule has 3 unspecified atom stereocenters. The maximum Gasteiger partial charge on any atom is 0.242 e. The number of hydrogen-bond acceptors (Lipinski definition) is 3. The summed E-state index contributed by atoms with van der Waals surface area (Å²) in [5, 5.41) is 5.84. The SMILES string of the molecule is O=C(CN1CCCC2CCCCC21)NC1CCCCNC1=O. The molecule has 0 radical (unpaired) electrons. The lowest BCUT2D eigenvalue weighted by Gasteiger charge is -2.43. The fourth-order valence-corrected chi connectivity index (χ4v) is 4.43. The molecule has 0 aromatic heterocycles. The fraction of sp³-hybridized carbons (Fsp3) is 0.882. The van der Waals surface area contributed by atoms with Gasteiger partial charge in [0.25, 0.3) is 0 Å². The summed E-state index contributed by atoms with van der Waals surface area (Å²) >= 11 is 0. The molecular formula is C17H29N3O2. The molecule has 2 heterocycles. The number of carbonyl (C=O) groups is 2. The highest BCUT2D eigenvalue weighted by Crippen LogP contribution is 2.34. The molecule has 22 heavy (non-hydrogen) atoms. The quantitative estimate of drug-likeness (QED) is 0.829. The summed E-state index contributed by atoms with van der Waals surface area (Å²) < 4.78 is 0. The Bertz CT molecular complexity index is 411. The molecule has 5 nitrogen and oxygen atoms in total. The minimum absolute atomic E-state index is 0.0139. The van der Waals surface area contributed by atoms with E-state index in [0.717, 1.165) is 38.3 Å². The number of likely N-dealkylation sites (tertiary alicyclic amines) is 1. The molecule has 3 fully saturated rings. The van der Waals surface area contributed by atoms with Crippen LogP contribution >= 0.6 is 0 Å². The lowest BCUT2D eigenvalue weighted by atomic mass is 9.78. The maximum atomic E-state index is 12.4. The van der Waals surface area contributed by atoms with Crippen LogP contribution in [0.4, 0.5) is 0 Å². The van der Waals surface area contributed by atoms with Gasteiger partial charge in [-0.05, 0) is 57.4 Å². The Morgan fingerprint density at radius 2 is 1.86 bits per heavy atom. The molecule has 0 aromatic rings. The number of fused-ring (bicyclic) bond motifs is 1. The van der Waals surface area contributed by atoms with Gasteiger partial charge in [0.05, 0.1) is 6.54 Å². The van der Waals surface area contributed by atoms with Crippen LogP contribution in [0.25, 0.3) is 0 Å². The van der Waals surface area contributed by atoms with Crippen LogP contribution in [-0.2, 0) is 9.59 Å². The molecule has 0 bridgehead atoms. The van der Waals surface area contributed by atoms with Crippen molar-refractivity contribution in [3.8, 4) is 0 Å². The molecule has 2 amide bonds. The lowest BCUT2D eigenvalue weighted by molar-refractivity contribution is -0.130. The molecule has 1 aliphatic carbocycles. The standard InChI is InChI=1S/C17H29N3O2/c21-16(19-14-8-3-4-10-18-17(14)22)12-20-11-5-7-13-6-1-2-9-15(13)20/h13-15H,1-12H2,(H,18,22)(H,19,21). The first kappa shape index (κ1) is 15.8. The van der Waals surface area contributed by atoms with Gasteiger partial charge in [0.1, 0.15) is 6.04 Å². The highest BCUT2D eigenvalue weighted by Gasteiger charge is 2.34. The molecule has 2 saturated heterocycles. The Labute approximate surface area is 133 Å². The van der Waals surface area contributed by atoms with E-state index in [1.165, 1.54) is 38.5 Å². The third-order valence-electron chi connectivity index (χ3n) is 5.58. The third kappa shape index (κ3) is 3.80. The zero-order chi connectivity index (χ0) is 15.4. The molecule has 3 aliphatic rings. The monoisotopic (exact) mass is 307 g/mol. The van der Waals surface area contributed by atoms with Gasteiger partial charge in [0, 0.05) is 12.6 Å². The Hall–Kier alpha value is -1.10. The van der Waals surface area contributed by atoms with Crippen molar-refractivity contribution in [1.29, 1.82) is 0 Å². The normalized spacial score (nSPS) is 33.5. The second kappa shape index (κ2) is 7.44. The van der Waals surface area contributed by atoms with Crippen molar-refractivity contribution in [3.05, 3.63) is 0 Å². The van der Waals surface area contributed by atoms with Gasteiger partial charge < -0.3 is 10.6 Å². The molecule has 0 aromatic carbocycles. The van der Waals surface area contributed by atoms with Crippen LogP contribution in [0.5, 0.6) is 0 Å². The average Bonchev–Trinajstić information content (AvgIpc) is 2.73. The molecule has 0 spiro atoms. The Morgan fingerprint density at radius 3 is 2.77 bits per heavy atom. The van der Waals surface area contributed by atoms with Crippen molar-refractivity contribution in [2.75, 3.05) is 19.6 Å². The van der Waals surface area contributed by atoms with E-state index in [-0.39, 0.29) is 17.9 Å². The summed E-state index contributed by atoms with van der Waals surface area (Å²) in [6.07, 6.45) is 10.5. The van der Waals surface area contributed by atoms with Crippen molar-refractivity contribution >= 4 is 11.8 Å². The van der Waals surface area contributed by atoms with Crippen LogP contribution in [0.3, 0.4) is 0 Å². The molecule has 2 aliphatic heterocycles. The van der Waals surface area contributed by atoms with E-state index in [0.29, 0.717) is 12.6 Å². The first-order valence-corrected chi connectivity index (χ1v) is 9.05. The van der Waals surface area contributed by atoms with Crippen molar-refractivity contribution < 1.29 is 9.59 Å². The van der Waals surface area contributed by atoms with Crippen LogP contribution in [0.2, 0.25) is 0 Å². The average molecular weight is 307 g/mol. The molecule has 5 heteroatoms. The second-order valence-corrected chi connectivity index (χ2v) is 7.13. The molecule has 2 N–H and O–H groups in total. The van der Waals surface area contributed by atoms with Crippen molar-refractivity contribution in [2.45, 2.75) is 69.9 Å². The van der Waals surface area contributed by atoms with Gasteiger partial charge in [-0.3, -0.25) is 14.5 Å². The summed E-state index contributed by atoms with van der Waals surface area (Å²) in [6.45, 7) is 2.23. The number of nitrogens with one attached hydrogen (secondary N) is 2.